The topological polar surface area (TPSA) is 27.7 Å². The fourth-order valence-electron chi connectivity index (χ4n) is 5.09. The van der Waals surface area contributed by atoms with Crippen LogP contribution in [0.5, 0.6) is 17.2 Å². The van der Waals surface area contributed by atoms with Gasteiger partial charge in [-0.2, -0.15) is 13.2 Å². The molecule has 0 aliphatic carbocycles. The standard InChI is InChI=1S/C17H17F3O.C17H20O2/c1-10-7-13(9-14(8-10)17(18,19)20)16-11(2)5-6-15(21-4)12(16)3;1-11-8-14(10-15(9-11)18-4)17-12(2)6-7-16(19-5)13(17)3/h5-9H,1-4H3;6-10H,1-5H3. The molecule has 6 heteroatoms. The average Bonchev–Trinajstić information content (AvgIpc) is 2.88. The largest absolute Gasteiger partial charge is 0.497 e. The summed E-state index contributed by atoms with van der Waals surface area (Å²) in [6, 6.07) is 18.2. The molecule has 0 aromatic heterocycles. The Morgan fingerprint density at radius 1 is 0.525 bits per heavy atom. The molecular formula is C34H37F3O3. The Labute approximate surface area is 235 Å². The third-order valence-electron chi connectivity index (χ3n) is 6.96. The molecule has 4 aromatic rings. The lowest BCUT2D eigenvalue weighted by Gasteiger charge is -2.16. The molecule has 0 aliphatic heterocycles. The van der Waals surface area contributed by atoms with Crippen molar-refractivity contribution in [2.24, 2.45) is 0 Å². The fourth-order valence-corrected chi connectivity index (χ4v) is 5.09. The predicted octanol–water partition coefficient (Wildman–Crippen LogP) is 9.60. The van der Waals surface area contributed by atoms with Crippen LogP contribution in [0.2, 0.25) is 0 Å². The minimum atomic E-state index is -4.35. The Kier molecular flexibility index (Phi) is 9.56. The lowest BCUT2D eigenvalue weighted by Crippen LogP contribution is -2.06. The van der Waals surface area contributed by atoms with E-state index in [0.29, 0.717) is 16.9 Å². The van der Waals surface area contributed by atoms with Crippen molar-refractivity contribution in [3.8, 4) is 39.5 Å². The van der Waals surface area contributed by atoms with Crippen molar-refractivity contribution in [2.75, 3.05) is 21.3 Å². The molecule has 4 aromatic carbocycles. The molecule has 0 amide bonds. The first kappa shape index (κ1) is 30.6. The summed E-state index contributed by atoms with van der Waals surface area (Å²) in [5.74, 6) is 2.48. The Bertz CT molecular complexity index is 1500. The monoisotopic (exact) mass is 550 g/mol. The highest BCUT2D eigenvalue weighted by Crippen LogP contribution is 2.38. The Morgan fingerprint density at radius 2 is 0.975 bits per heavy atom. The molecule has 3 nitrogen and oxygen atoms in total. The van der Waals surface area contributed by atoms with Gasteiger partial charge in [0.25, 0.3) is 0 Å². The molecule has 0 bridgehead atoms. The van der Waals surface area contributed by atoms with Crippen molar-refractivity contribution < 1.29 is 27.4 Å². The number of hydrogen-bond donors (Lipinski definition) is 0. The van der Waals surface area contributed by atoms with E-state index >= 15 is 0 Å². The zero-order chi connectivity index (χ0) is 29.8. The Hall–Kier alpha value is -3.93. The van der Waals surface area contributed by atoms with Gasteiger partial charge in [-0.05, 0) is 134 Å². The summed E-state index contributed by atoms with van der Waals surface area (Å²) in [5.41, 5.74) is 9.08. The lowest BCUT2D eigenvalue weighted by molar-refractivity contribution is -0.137. The summed E-state index contributed by atoms with van der Waals surface area (Å²) >= 11 is 0. The van der Waals surface area contributed by atoms with Crippen molar-refractivity contribution >= 4 is 0 Å². The van der Waals surface area contributed by atoms with E-state index in [1.54, 1.807) is 34.3 Å². The molecule has 0 N–H and O–H groups in total. The third kappa shape index (κ3) is 6.79. The number of hydrogen-bond acceptors (Lipinski definition) is 3. The number of alkyl halides is 3. The molecule has 212 valence electrons. The average molecular weight is 551 g/mol. The molecule has 40 heavy (non-hydrogen) atoms. The van der Waals surface area contributed by atoms with Crippen LogP contribution in [0.3, 0.4) is 0 Å². The maximum absolute atomic E-state index is 13.0. The van der Waals surface area contributed by atoms with Crippen LogP contribution in [-0.2, 0) is 6.18 Å². The first-order chi connectivity index (χ1) is 18.8. The molecule has 0 unspecified atom stereocenters. The number of benzene rings is 4. The second-order valence-corrected chi connectivity index (χ2v) is 9.99. The molecule has 0 saturated heterocycles. The molecule has 0 atom stereocenters. The van der Waals surface area contributed by atoms with Crippen LogP contribution in [0.15, 0.2) is 60.7 Å². The van der Waals surface area contributed by atoms with Crippen LogP contribution in [0.25, 0.3) is 22.3 Å². The van der Waals surface area contributed by atoms with E-state index in [0.717, 1.165) is 39.8 Å². The highest BCUT2D eigenvalue weighted by atomic mass is 19.4. The second kappa shape index (κ2) is 12.5. The molecule has 0 spiro atoms. The fraction of sp³-hybridized carbons (Fsp3) is 0.294. The van der Waals surface area contributed by atoms with E-state index in [1.807, 2.05) is 38.1 Å². The van der Waals surface area contributed by atoms with Crippen LogP contribution < -0.4 is 14.2 Å². The van der Waals surface area contributed by atoms with Crippen molar-refractivity contribution in [1.82, 2.24) is 0 Å². The van der Waals surface area contributed by atoms with Crippen molar-refractivity contribution in [2.45, 2.75) is 47.7 Å². The van der Waals surface area contributed by atoms with Gasteiger partial charge in [-0.15, -0.1) is 0 Å². The summed E-state index contributed by atoms with van der Waals surface area (Å²) in [7, 11) is 4.96. The van der Waals surface area contributed by atoms with Gasteiger partial charge >= 0.3 is 6.18 Å². The van der Waals surface area contributed by atoms with Crippen LogP contribution >= 0.6 is 0 Å². The normalized spacial score (nSPS) is 11.0. The summed E-state index contributed by atoms with van der Waals surface area (Å²) in [5, 5.41) is 0. The first-order valence-corrected chi connectivity index (χ1v) is 12.9. The molecule has 0 saturated carbocycles. The van der Waals surface area contributed by atoms with Gasteiger partial charge in [-0.25, -0.2) is 0 Å². The molecular weight excluding hydrogens is 513 g/mol. The second-order valence-electron chi connectivity index (χ2n) is 9.99. The van der Waals surface area contributed by atoms with Crippen LogP contribution in [-0.4, -0.2) is 21.3 Å². The van der Waals surface area contributed by atoms with Gasteiger partial charge in [0, 0.05) is 0 Å². The number of aryl methyl sites for hydroxylation is 4. The SMILES string of the molecule is COc1cc(C)cc(-c2c(C)ccc(OC)c2C)c1.COc1ccc(C)c(-c2cc(C)cc(C(F)(F)F)c2)c1C. The van der Waals surface area contributed by atoms with Gasteiger partial charge in [0.1, 0.15) is 17.2 Å². The quantitative estimate of drug-likeness (QED) is 0.248. The highest BCUT2D eigenvalue weighted by Gasteiger charge is 2.31. The smallest absolute Gasteiger partial charge is 0.416 e. The van der Waals surface area contributed by atoms with E-state index in [9.17, 15) is 13.2 Å². The van der Waals surface area contributed by atoms with Gasteiger partial charge in [0.2, 0.25) is 0 Å². The summed E-state index contributed by atoms with van der Waals surface area (Å²) < 4.78 is 55.0. The van der Waals surface area contributed by atoms with Gasteiger partial charge in [-0.3, -0.25) is 0 Å². The predicted molar refractivity (Wildman–Crippen MR) is 157 cm³/mol. The first-order valence-electron chi connectivity index (χ1n) is 12.9. The van der Waals surface area contributed by atoms with Crippen LogP contribution in [0, 0.1) is 41.5 Å². The number of methoxy groups -OCH3 is 3. The van der Waals surface area contributed by atoms with Crippen molar-refractivity contribution in [1.29, 1.82) is 0 Å². The minimum absolute atomic E-state index is 0.566. The van der Waals surface area contributed by atoms with E-state index in [2.05, 4.69) is 39.0 Å². The van der Waals surface area contributed by atoms with Gasteiger partial charge < -0.3 is 14.2 Å². The van der Waals surface area contributed by atoms with Gasteiger partial charge in [0.05, 0.1) is 26.9 Å². The van der Waals surface area contributed by atoms with Crippen molar-refractivity contribution in [3.05, 3.63) is 99.6 Å². The van der Waals surface area contributed by atoms with E-state index in [-0.39, 0.29) is 0 Å². The van der Waals surface area contributed by atoms with Crippen molar-refractivity contribution in [3.63, 3.8) is 0 Å². The number of halogens is 3. The molecule has 4 rings (SSSR count). The van der Waals surface area contributed by atoms with E-state index < -0.39 is 11.7 Å². The molecule has 0 heterocycles. The van der Waals surface area contributed by atoms with E-state index in [1.165, 1.54) is 28.3 Å². The zero-order valence-corrected chi connectivity index (χ0v) is 24.6. The summed E-state index contributed by atoms with van der Waals surface area (Å²) in [6.07, 6.45) is -4.35. The number of ether oxygens (including phenoxy) is 3. The molecule has 0 aliphatic rings. The maximum Gasteiger partial charge on any atom is 0.416 e. The Morgan fingerprint density at radius 3 is 1.40 bits per heavy atom. The lowest BCUT2D eigenvalue weighted by atomic mass is 9.92. The highest BCUT2D eigenvalue weighted by molar-refractivity contribution is 5.75. The Balaban J connectivity index is 0.000000222. The van der Waals surface area contributed by atoms with Gasteiger partial charge in [0.15, 0.2) is 0 Å². The maximum atomic E-state index is 13.0. The molecule has 0 radical (unpaired) electrons. The number of rotatable bonds is 5. The van der Waals surface area contributed by atoms with Crippen LogP contribution in [0.4, 0.5) is 13.2 Å². The molecule has 0 fully saturated rings. The van der Waals surface area contributed by atoms with E-state index in [4.69, 9.17) is 14.2 Å². The zero-order valence-electron chi connectivity index (χ0n) is 24.6. The minimum Gasteiger partial charge on any atom is -0.497 e. The summed E-state index contributed by atoms with van der Waals surface area (Å²) in [4.78, 5) is 0. The summed E-state index contributed by atoms with van der Waals surface area (Å²) in [6.45, 7) is 11.7. The third-order valence-corrected chi connectivity index (χ3v) is 6.96. The van der Waals surface area contributed by atoms with Crippen LogP contribution in [0.1, 0.15) is 38.9 Å². The van der Waals surface area contributed by atoms with Gasteiger partial charge in [-0.1, -0.05) is 24.3 Å².